The molecule has 0 atom stereocenters. The van der Waals surface area contributed by atoms with Crippen LogP contribution in [0.15, 0.2) is 18.2 Å². The first kappa shape index (κ1) is 14.0. The van der Waals surface area contributed by atoms with Gasteiger partial charge in [0.2, 0.25) is 0 Å². The zero-order valence-corrected chi connectivity index (χ0v) is 11.2. The molecule has 0 saturated heterocycles. The van der Waals surface area contributed by atoms with Crippen molar-refractivity contribution in [2.24, 2.45) is 5.92 Å². The standard InChI is InChI=1S/C14H24N2O/c1-4-12(5-2)10-17-11-13-8-7-9-14(16-13)15-6-3/h7-9,12H,4-6,10-11H2,1-3H3,(H,15,16). The summed E-state index contributed by atoms with van der Waals surface area (Å²) in [6, 6.07) is 6.00. The SMILES string of the molecule is CCNc1cccc(COCC(CC)CC)n1. The number of aromatic nitrogens is 1. The van der Waals surface area contributed by atoms with Crippen molar-refractivity contribution in [2.75, 3.05) is 18.5 Å². The average Bonchev–Trinajstić information content (AvgIpc) is 2.36. The van der Waals surface area contributed by atoms with Gasteiger partial charge in [-0.3, -0.25) is 0 Å². The minimum absolute atomic E-state index is 0.607. The lowest BCUT2D eigenvalue weighted by molar-refractivity contribution is 0.0823. The van der Waals surface area contributed by atoms with Gasteiger partial charge in [0.25, 0.3) is 0 Å². The summed E-state index contributed by atoms with van der Waals surface area (Å²) in [6.45, 7) is 8.82. The van der Waals surface area contributed by atoms with Crippen LogP contribution in [0.3, 0.4) is 0 Å². The smallest absolute Gasteiger partial charge is 0.126 e. The Hall–Kier alpha value is -1.09. The van der Waals surface area contributed by atoms with E-state index in [9.17, 15) is 0 Å². The summed E-state index contributed by atoms with van der Waals surface area (Å²) < 4.78 is 5.71. The third kappa shape index (κ3) is 5.18. The highest BCUT2D eigenvalue weighted by molar-refractivity contribution is 5.34. The molecule has 3 nitrogen and oxygen atoms in total. The van der Waals surface area contributed by atoms with Crippen LogP contribution in [0.5, 0.6) is 0 Å². The lowest BCUT2D eigenvalue weighted by atomic mass is 10.1. The Morgan fingerprint density at radius 1 is 1.24 bits per heavy atom. The summed E-state index contributed by atoms with van der Waals surface area (Å²) in [6.07, 6.45) is 2.36. The largest absolute Gasteiger partial charge is 0.375 e. The summed E-state index contributed by atoms with van der Waals surface area (Å²) in [7, 11) is 0. The molecule has 1 heterocycles. The van der Waals surface area contributed by atoms with E-state index in [4.69, 9.17) is 4.74 Å². The van der Waals surface area contributed by atoms with Crippen molar-refractivity contribution < 1.29 is 4.74 Å². The zero-order chi connectivity index (χ0) is 12.5. The average molecular weight is 236 g/mol. The van der Waals surface area contributed by atoms with E-state index >= 15 is 0 Å². The minimum Gasteiger partial charge on any atom is -0.375 e. The van der Waals surface area contributed by atoms with Gasteiger partial charge in [-0.1, -0.05) is 32.8 Å². The molecular formula is C14H24N2O. The van der Waals surface area contributed by atoms with E-state index in [1.807, 2.05) is 18.2 Å². The van der Waals surface area contributed by atoms with Gasteiger partial charge in [0.05, 0.1) is 12.3 Å². The van der Waals surface area contributed by atoms with Crippen molar-refractivity contribution in [3.05, 3.63) is 23.9 Å². The molecule has 1 rings (SSSR count). The van der Waals surface area contributed by atoms with Gasteiger partial charge < -0.3 is 10.1 Å². The number of anilines is 1. The molecular weight excluding hydrogens is 212 g/mol. The second-order valence-corrected chi connectivity index (χ2v) is 4.24. The Labute approximate surface area is 105 Å². The van der Waals surface area contributed by atoms with Crippen molar-refractivity contribution in [2.45, 2.75) is 40.2 Å². The molecule has 1 aromatic heterocycles. The molecule has 1 N–H and O–H groups in total. The lowest BCUT2D eigenvalue weighted by Gasteiger charge is -2.12. The fourth-order valence-corrected chi connectivity index (χ4v) is 1.69. The highest BCUT2D eigenvalue weighted by Gasteiger charge is 2.04. The van der Waals surface area contributed by atoms with Crippen LogP contribution in [0.25, 0.3) is 0 Å². The van der Waals surface area contributed by atoms with Gasteiger partial charge in [-0.15, -0.1) is 0 Å². The molecule has 0 unspecified atom stereocenters. The number of nitrogens with zero attached hydrogens (tertiary/aromatic N) is 1. The van der Waals surface area contributed by atoms with E-state index in [1.54, 1.807) is 0 Å². The Bertz CT molecular complexity index is 311. The van der Waals surface area contributed by atoms with Crippen molar-refractivity contribution in [1.29, 1.82) is 0 Å². The van der Waals surface area contributed by atoms with E-state index in [0.717, 1.165) is 24.7 Å². The molecule has 0 aliphatic carbocycles. The first-order chi connectivity index (χ1) is 8.30. The third-order valence-corrected chi connectivity index (χ3v) is 2.92. The minimum atomic E-state index is 0.607. The van der Waals surface area contributed by atoms with Crippen molar-refractivity contribution >= 4 is 5.82 Å². The molecule has 0 radical (unpaired) electrons. The van der Waals surface area contributed by atoms with E-state index in [1.165, 1.54) is 12.8 Å². The van der Waals surface area contributed by atoms with Crippen LogP contribution in [0, 0.1) is 5.92 Å². The predicted molar refractivity (Wildman–Crippen MR) is 72.1 cm³/mol. The predicted octanol–water partition coefficient (Wildman–Crippen LogP) is 3.47. The van der Waals surface area contributed by atoms with E-state index in [-0.39, 0.29) is 0 Å². The van der Waals surface area contributed by atoms with E-state index in [0.29, 0.717) is 12.5 Å². The summed E-state index contributed by atoms with van der Waals surface area (Å²) >= 11 is 0. The third-order valence-electron chi connectivity index (χ3n) is 2.92. The van der Waals surface area contributed by atoms with Crippen LogP contribution in [0.2, 0.25) is 0 Å². The molecule has 1 aromatic rings. The number of nitrogens with one attached hydrogen (secondary N) is 1. The number of hydrogen-bond acceptors (Lipinski definition) is 3. The maximum Gasteiger partial charge on any atom is 0.126 e. The maximum absolute atomic E-state index is 5.71. The summed E-state index contributed by atoms with van der Waals surface area (Å²) in [4.78, 5) is 4.47. The number of pyridine rings is 1. The zero-order valence-electron chi connectivity index (χ0n) is 11.2. The van der Waals surface area contributed by atoms with E-state index in [2.05, 4.69) is 31.1 Å². The second kappa shape index (κ2) is 8.07. The van der Waals surface area contributed by atoms with Gasteiger partial charge in [0.1, 0.15) is 5.82 Å². The number of ether oxygens (including phenoxy) is 1. The number of hydrogen-bond donors (Lipinski definition) is 1. The normalized spacial score (nSPS) is 10.8. The Balaban J connectivity index is 2.38. The molecule has 0 fully saturated rings. The highest BCUT2D eigenvalue weighted by Crippen LogP contribution is 2.10. The van der Waals surface area contributed by atoms with Crippen LogP contribution in [-0.4, -0.2) is 18.1 Å². The molecule has 17 heavy (non-hydrogen) atoms. The maximum atomic E-state index is 5.71. The van der Waals surface area contributed by atoms with Crippen molar-refractivity contribution in [1.82, 2.24) is 4.98 Å². The monoisotopic (exact) mass is 236 g/mol. The molecule has 96 valence electrons. The first-order valence-electron chi connectivity index (χ1n) is 6.57. The molecule has 0 saturated carbocycles. The highest BCUT2D eigenvalue weighted by atomic mass is 16.5. The van der Waals surface area contributed by atoms with Crippen LogP contribution in [0.4, 0.5) is 5.82 Å². The van der Waals surface area contributed by atoms with Crippen LogP contribution >= 0.6 is 0 Å². The second-order valence-electron chi connectivity index (χ2n) is 4.24. The molecule has 0 amide bonds. The van der Waals surface area contributed by atoms with Gasteiger partial charge in [-0.05, 0) is 25.0 Å². The van der Waals surface area contributed by atoms with Gasteiger partial charge in [0, 0.05) is 13.2 Å². The topological polar surface area (TPSA) is 34.1 Å². The van der Waals surface area contributed by atoms with Gasteiger partial charge in [-0.25, -0.2) is 4.98 Å². The van der Waals surface area contributed by atoms with Crippen LogP contribution in [-0.2, 0) is 11.3 Å². The summed E-state index contributed by atoms with van der Waals surface area (Å²) in [5, 5.41) is 3.20. The molecule has 0 aliphatic rings. The fraction of sp³-hybridized carbons (Fsp3) is 0.643. The van der Waals surface area contributed by atoms with Crippen molar-refractivity contribution in [3.8, 4) is 0 Å². The Kier molecular flexibility index (Phi) is 6.63. The Morgan fingerprint density at radius 2 is 2.00 bits per heavy atom. The van der Waals surface area contributed by atoms with Gasteiger partial charge >= 0.3 is 0 Å². The van der Waals surface area contributed by atoms with Crippen LogP contribution in [0.1, 0.15) is 39.3 Å². The Morgan fingerprint density at radius 3 is 2.65 bits per heavy atom. The molecule has 3 heteroatoms. The molecule has 0 aliphatic heterocycles. The van der Waals surface area contributed by atoms with Gasteiger partial charge in [0.15, 0.2) is 0 Å². The lowest BCUT2D eigenvalue weighted by Crippen LogP contribution is -2.08. The van der Waals surface area contributed by atoms with Gasteiger partial charge in [-0.2, -0.15) is 0 Å². The summed E-state index contributed by atoms with van der Waals surface area (Å²) in [5.74, 6) is 1.60. The molecule has 0 bridgehead atoms. The van der Waals surface area contributed by atoms with Crippen LogP contribution < -0.4 is 5.32 Å². The number of rotatable bonds is 8. The summed E-state index contributed by atoms with van der Waals surface area (Å²) in [5.41, 5.74) is 0.995. The quantitative estimate of drug-likeness (QED) is 0.750. The first-order valence-corrected chi connectivity index (χ1v) is 6.57. The fourth-order valence-electron chi connectivity index (χ4n) is 1.69. The van der Waals surface area contributed by atoms with Crippen molar-refractivity contribution in [3.63, 3.8) is 0 Å². The van der Waals surface area contributed by atoms with E-state index < -0.39 is 0 Å². The molecule has 0 spiro atoms. The molecule has 0 aromatic carbocycles.